The normalized spacial score (nSPS) is 18.5. The maximum Gasteiger partial charge on any atom is 0.228 e. The molecule has 1 N–H and O–H groups in total. The van der Waals surface area contributed by atoms with Gasteiger partial charge >= 0.3 is 0 Å². The number of nitrogens with one attached hydrogen (secondary N) is 1. The van der Waals surface area contributed by atoms with Crippen molar-refractivity contribution in [1.82, 2.24) is 15.2 Å². The van der Waals surface area contributed by atoms with Gasteiger partial charge in [-0.05, 0) is 19.1 Å². The summed E-state index contributed by atoms with van der Waals surface area (Å²) in [5, 5.41) is 5.90. The average Bonchev–Trinajstić information content (AvgIpc) is 2.96. The van der Waals surface area contributed by atoms with E-state index < -0.39 is 0 Å². The lowest BCUT2D eigenvalue weighted by atomic mass is 10.2. The van der Waals surface area contributed by atoms with Gasteiger partial charge in [0.15, 0.2) is 0 Å². The van der Waals surface area contributed by atoms with Crippen molar-refractivity contribution in [2.45, 2.75) is 19.4 Å². The highest BCUT2D eigenvalue weighted by Gasteiger charge is 2.23. The van der Waals surface area contributed by atoms with E-state index in [-0.39, 0.29) is 17.8 Å². The van der Waals surface area contributed by atoms with Crippen LogP contribution < -0.4 is 5.32 Å². The second kappa shape index (κ2) is 6.54. The third-order valence-electron chi connectivity index (χ3n) is 3.78. The zero-order valence-corrected chi connectivity index (χ0v) is 13.2. The number of rotatable bonds is 3. The summed E-state index contributed by atoms with van der Waals surface area (Å²) < 4.78 is 13.3. The molecule has 1 aromatic carbocycles. The Morgan fingerprint density at radius 2 is 2.41 bits per heavy atom. The van der Waals surface area contributed by atoms with Gasteiger partial charge in [0, 0.05) is 36.6 Å². The fourth-order valence-corrected chi connectivity index (χ4v) is 3.43. The molecule has 1 atom stereocenters. The van der Waals surface area contributed by atoms with Gasteiger partial charge in [-0.25, -0.2) is 9.37 Å². The maximum absolute atomic E-state index is 13.3. The zero-order valence-electron chi connectivity index (χ0n) is 12.4. The lowest BCUT2D eigenvalue weighted by Crippen LogP contribution is -2.52. The fraction of sp³-hybridized carbons (Fsp3) is 0.375. The van der Waals surface area contributed by atoms with E-state index in [1.54, 1.807) is 6.07 Å². The van der Waals surface area contributed by atoms with E-state index in [0.717, 1.165) is 35.9 Å². The first-order chi connectivity index (χ1) is 10.6. The highest BCUT2D eigenvalue weighted by Crippen LogP contribution is 2.24. The van der Waals surface area contributed by atoms with Crippen molar-refractivity contribution in [2.24, 2.45) is 0 Å². The van der Waals surface area contributed by atoms with E-state index in [1.165, 1.54) is 23.5 Å². The van der Waals surface area contributed by atoms with E-state index in [4.69, 9.17) is 0 Å². The summed E-state index contributed by atoms with van der Waals surface area (Å²) in [5.74, 6) is -0.176. The van der Waals surface area contributed by atoms with Gasteiger partial charge in [0.1, 0.15) is 10.8 Å². The van der Waals surface area contributed by atoms with Gasteiger partial charge in [-0.1, -0.05) is 12.1 Å². The van der Waals surface area contributed by atoms with Crippen LogP contribution in [0.1, 0.15) is 12.6 Å². The van der Waals surface area contributed by atoms with Crippen molar-refractivity contribution in [2.75, 3.05) is 19.6 Å². The molecule has 0 unspecified atom stereocenters. The summed E-state index contributed by atoms with van der Waals surface area (Å²) in [6.45, 7) is 4.45. The minimum absolute atomic E-state index is 0.102. The van der Waals surface area contributed by atoms with E-state index in [2.05, 4.69) is 10.3 Å². The first-order valence-electron chi connectivity index (χ1n) is 7.34. The lowest BCUT2D eigenvalue weighted by Gasteiger charge is -2.33. The van der Waals surface area contributed by atoms with Gasteiger partial charge < -0.3 is 10.2 Å². The second-order valence-corrected chi connectivity index (χ2v) is 6.33. The Bertz CT molecular complexity index is 673. The Labute approximate surface area is 133 Å². The van der Waals surface area contributed by atoms with Gasteiger partial charge in [-0.2, -0.15) is 0 Å². The van der Waals surface area contributed by atoms with Gasteiger partial charge in [0.2, 0.25) is 5.91 Å². The molecule has 0 aliphatic carbocycles. The number of hydrogen-bond acceptors (Lipinski definition) is 4. The molecule has 22 heavy (non-hydrogen) atoms. The quantitative estimate of drug-likeness (QED) is 0.944. The van der Waals surface area contributed by atoms with Crippen molar-refractivity contribution in [3.05, 3.63) is 41.2 Å². The average molecular weight is 319 g/mol. The number of amides is 1. The molecule has 2 aromatic rings. The molecular weight excluding hydrogens is 301 g/mol. The number of halogens is 1. The number of carbonyl (C=O) groups excluding carboxylic acids is 1. The second-order valence-electron chi connectivity index (χ2n) is 5.47. The van der Waals surface area contributed by atoms with Gasteiger partial charge in [-0.15, -0.1) is 11.3 Å². The van der Waals surface area contributed by atoms with Crippen molar-refractivity contribution in [3.63, 3.8) is 0 Å². The summed E-state index contributed by atoms with van der Waals surface area (Å²) in [5.41, 5.74) is 1.50. The first kappa shape index (κ1) is 15.1. The van der Waals surface area contributed by atoms with Crippen LogP contribution in [0.5, 0.6) is 0 Å². The Kier molecular flexibility index (Phi) is 4.49. The Balaban J connectivity index is 1.70. The molecule has 1 saturated heterocycles. The lowest BCUT2D eigenvalue weighted by molar-refractivity contribution is -0.133. The Hall–Kier alpha value is -1.79. The van der Waals surface area contributed by atoms with E-state index in [1.807, 2.05) is 23.3 Å². The molecule has 2 heterocycles. The molecule has 1 aliphatic rings. The van der Waals surface area contributed by atoms with Crippen LogP contribution in [0.25, 0.3) is 10.6 Å². The van der Waals surface area contributed by atoms with Crippen molar-refractivity contribution in [1.29, 1.82) is 0 Å². The minimum atomic E-state index is -0.278. The van der Waals surface area contributed by atoms with E-state index >= 15 is 0 Å². The van der Waals surface area contributed by atoms with E-state index in [0.29, 0.717) is 6.42 Å². The fourth-order valence-electron chi connectivity index (χ4n) is 2.61. The number of benzene rings is 1. The molecule has 0 saturated carbocycles. The highest BCUT2D eigenvalue weighted by molar-refractivity contribution is 7.13. The number of piperazine rings is 1. The molecule has 0 bridgehead atoms. The summed E-state index contributed by atoms with van der Waals surface area (Å²) in [7, 11) is 0. The summed E-state index contributed by atoms with van der Waals surface area (Å²) in [6, 6.07) is 6.57. The van der Waals surface area contributed by atoms with Crippen LogP contribution in [0, 0.1) is 5.82 Å². The predicted octanol–water partition coefficient (Wildman–Crippen LogP) is 2.31. The van der Waals surface area contributed by atoms with Crippen LogP contribution >= 0.6 is 11.3 Å². The number of thiazole rings is 1. The third-order valence-corrected chi connectivity index (χ3v) is 4.72. The number of nitrogens with zero attached hydrogens (tertiary/aromatic N) is 2. The molecule has 4 nitrogen and oxygen atoms in total. The van der Waals surface area contributed by atoms with Crippen LogP contribution in [-0.4, -0.2) is 41.5 Å². The van der Waals surface area contributed by atoms with Crippen LogP contribution in [0.3, 0.4) is 0 Å². The number of aromatic nitrogens is 1. The SMILES string of the molecule is C[C@H]1CNCCN1C(=O)Cc1csc(-c2cccc(F)c2)n1. The van der Waals surface area contributed by atoms with Crippen LogP contribution in [0.15, 0.2) is 29.6 Å². The summed E-state index contributed by atoms with van der Waals surface area (Å²) >= 11 is 1.44. The van der Waals surface area contributed by atoms with Gasteiger partial charge in [0.25, 0.3) is 0 Å². The highest BCUT2D eigenvalue weighted by atomic mass is 32.1. The van der Waals surface area contributed by atoms with Crippen molar-refractivity contribution >= 4 is 17.2 Å². The number of hydrogen-bond donors (Lipinski definition) is 1. The molecule has 116 valence electrons. The minimum Gasteiger partial charge on any atom is -0.337 e. The standard InChI is InChI=1S/C16H18FN3OS/c1-11-9-18-5-6-20(11)15(21)8-14-10-22-16(19-14)12-3-2-4-13(17)7-12/h2-4,7,10-11,18H,5-6,8-9H2,1H3/t11-/m0/s1. The van der Waals surface area contributed by atoms with E-state index in [9.17, 15) is 9.18 Å². The summed E-state index contributed by atoms with van der Waals surface area (Å²) in [6.07, 6.45) is 0.302. The molecule has 3 rings (SSSR count). The topological polar surface area (TPSA) is 45.2 Å². The molecule has 1 fully saturated rings. The molecule has 1 aromatic heterocycles. The molecule has 0 spiro atoms. The van der Waals surface area contributed by atoms with Gasteiger partial charge in [-0.3, -0.25) is 4.79 Å². The number of carbonyl (C=O) groups is 1. The first-order valence-corrected chi connectivity index (χ1v) is 8.22. The van der Waals surface area contributed by atoms with Crippen molar-refractivity contribution < 1.29 is 9.18 Å². The largest absolute Gasteiger partial charge is 0.337 e. The Morgan fingerprint density at radius 3 is 3.18 bits per heavy atom. The van der Waals surface area contributed by atoms with Crippen LogP contribution in [0.2, 0.25) is 0 Å². The zero-order chi connectivity index (χ0) is 15.5. The molecule has 6 heteroatoms. The maximum atomic E-state index is 13.3. The smallest absolute Gasteiger partial charge is 0.228 e. The molecular formula is C16H18FN3OS. The van der Waals surface area contributed by atoms with Crippen LogP contribution in [0.4, 0.5) is 4.39 Å². The van der Waals surface area contributed by atoms with Crippen LogP contribution in [-0.2, 0) is 11.2 Å². The summed E-state index contributed by atoms with van der Waals surface area (Å²) in [4.78, 5) is 18.8. The predicted molar refractivity (Wildman–Crippen MR) is 85.3 cm³/mol. The van der Waals surface area contributed by atoms with Crippen molar-refractivity contribution in [3.8, 4) is 10.6 Å². The molecule has 1 aliphatic heterocycles. The third kappa shape index (κ3) is 3.34. The molecule has 0 radical (unpaired) electrons. The Morgan fingerprint density at radius 1 is 1.55 bits per heavy atom. The molecule has 1 amide bonds. The monoisotopic (exact) mass is 319 g/mol. The van der Waals surface area contributed by atoms with Gasteiger partial charge in [0.05, 0.1) is 12.1 Å².